The maximum Gasteiger partial charge on any atom is 0.212 e. The Bertz CT molecular complexity index is 362. The Morgan fingerprint density at radius 2 is 2.00 bits per heavy atom. The molecule has 0 heterocycles. The van der Waals surface area contributed by atoms with E-state index in [0.717, 1.165) is 25.7 Å². The highest BCUT2D eigenvalue weighted by molar-refractivity contribution is 7.89. The van der Waals surface area contributed by atoms with E-state index in [1.165, 1.54) is 6.42 Å². The van der Waals surface area contributed by atoms with Crippen molar-refractivity contribution in [3.8, 4) is 0 Å². The Kier molecular flexibility index (Phi) is 6.52. The smallest absolute Gasteiger partial charge is 0.212 e. The van der Waals surface area contributed by atoms with E-state index >= 15 is 0 Å². The molecule has 4 nitrogen and oxygen atoms in total. The molecule has 0 aliphatic heterocycles. The van der Waals surface area contributed by atoms with Crippen LogP contribution < -0.4 is 10.5 Å². The summed E-state index contributed by atoms with van der Waals surface area (Å²) < 4.78 is 26.8. The average Bonchev–Trinajstić information content (AvgIpc) is 2.27. The van der Waals surface area contributed by atoms with Gasteiger partial charge in [0.05, 0.1) is 10.7 Å². The molecule has 1 saturated carbocycles. The van der Waals surface area contributed by atoms with Gasteiger partial charge < -0.3 is 5.73 Å². The van der Waals surface area contributed by atoms with Crippen LogP contribution in [0.15, 0.2) is 0 Å². The summed E-state index contributed by atoms with van der Waals surface area (Å²) in [5.74, 6) is 0.569. The van der Waals surface area contributed by atoms with Crippen molar-refractivity contribution in [2.75, 3.05) is 5.75 Å². The van der Waals surface area contributed by atoms with Crippen LogP contribution in [0.4, 0.5) is 0 Å². The van der Waals surface area contributed by atoms with Crippen LogP contribution >= 0.6 is 12.2 Å². The topological polar surface area (TPSA) is 72.2 Å². The molecule has 18 heavy (non-hydrogen) atoms. The van der Waals surface area contributed by atoms with Crippen molar-refractivity contribution in [2.45, 2.75) is 57.9 Å². The van der Waals surface area contributed by atoms with E-state index in [1.54, 1.807) is 0 Å². The zero-order chi connectivity index (χ0) is 13.6. The second kappa shape index (κ2) is 7.40. The lowest BCUT2D eigenvalue weighted by Crippen LogP contribution is -2.39. The second-order valence-corrected chi connectivity index (χ2v) is 7.50. The van der Waals surface area contributed by atoms with E-state index in [1.807, 2.05) is 6.92 Å². The van der Waals surface area contributed by atoms with Crippen LogP contribution in [0.25, 0.3) is 0 Å². The first kappa shape index (κ1) is 15.9. The monoisotopic (exact) mass is 292 g/mol. The van der Waals surface area contributed by atoms with Gasteiger partial charge in [-0.25, -0.2) is 13.1 Å². The molecule has 0 radical (unpaired) electrons. The third-order valence-electron chi connectivity index (χ3n) is 3.47. The standard InChI is InChI=1S/C12H24N2O2S2/c1-2-11(8-12(13)17)14-18(15,16)9-10-6-4-3-5-7-10/h10-11,14H,2-9H2,1H3,(H2,13,17). The Morgan fingerprint density at radius 1 is 1.39 bits per heavy atom. The van der Waals surface area contributed by atoms with Gasteiger partial charge in [0.1, 0.15) is 0 Å². The average molecular weight is 292 g/mol. The second-order valence-electron chi connectivity index (χ2n) is 5.18. The van der Waals surface area contributed by atoms with Crippen LogP contribution in [0.5, 0.6) is 0 Å². The van der Waals surface area contributed by atoms with Crippen molar-refractivity contribution >= 4 is 27.2 Å². The molecule has 106 valence electrons. The number of nitrogens with two attached hydrogens (primary N) is 1. The molecule has 0 bridgehead atoms. The first-order valence-corrected chi connectivity index (χ1v) is 8.77. The van der Waals surface area contributed by atoms with Gasteiger partial charge in [-0.15, -0.1) is 0 Å². The molecule has 1 rings (SSSR count). The first-order chi connectivity index (χ1) is 8.43. The van der Waals surface area contributed by atoms with Crippen LogP contribution in [0.1, 0.15) is 51.9 Å². The maximum absolute atomic E-state index is 12.1. The minimum Gasteiger partial charge on any atom is -0.393 e. The van der Waals surface area contributed by atoms with E-state index in [2.05, 4.69) is 4.72 Å². The highest BCUT2D eigenvalue weighted by Gasteiger charge is 2.23. The van der Waals surface area contributed by atoms with Gasteiger partial charge in [-0.1, -0.05) is 38.4 Å². The van der Waals surface area contributed by atoms with Gasteiger partial charge in [0, 0.05) is 12.5 Å². The van der Waals surface area contributed by atoms with Crippen molar-refractivity contribution < 1.29 is 8.42 Å². The van der Waals surface area contributed by atoms with E-state index in [4.69, 9.17) is 18.0 Å². The van der Waals surface area contributed by atoms with E-state index in [0.29, 0.717) is 23.7 Å². The van der Waals surface area contributed by atoms with Gasteiger partial charge in [0.2, 0.25) is 10.0 Å². The van der Waals surface area contributed by atoms with Gasteiger partial charge in [0.25, 0.3) is 0 Å². The minimum absolute atomic E-state index is 0.156. The summed E-state index contributed by atoms with van der Waals surface area (Å²) in [5, 5.41) is 0. The molecule has 3 N–H and O–H groups in total. The molecular formula is C12H24N2O2S2. The molecule has 0 saturated heterocycles. The van der Waals surface area contributed by atoms with Gasteiger partial charge in [0.15, 0.2) is 0 Å². The van der Waals surface area contributed by atoms with E-state index in [-0.39, 0.29) is 11.8 Å². The number of hydrogen-bond donors (Lipinski definition) is 2. The van der Waals surface area contributed by atoms with Crippen molar-refractivity contribution in [3.63, 3.8) is 0 Å². The van der Waals surface area contributed by atoms with Crippen LogP contribution in [-0.2, 0) is 10.0 Å². The molecule has 1 aliphatic carbocycles. The van der Waals surface area contributed by atoms with E-state index < -0.39 is 10.0 Å². The normalized spacial score (nSPS) is 19.6. The molecule has 6 heteroatoms. The summed E-state index contributed by atoms with van der Waals surface area (Å²) in [6, 6.07) is -0.156. The molecular weight excluding hydrogens is 268 g/mol. The molecule has 0 aromatic rings. The number of hydrogen-bond acceptors (Lipinski definition) is 3. The van der Waals surface area contributed by atoms with Gasteiger partial charge in [-0.3, -0.25) is 0 Å². The zero-order valence-electron chi connectivity index (χ0n) is 11.0. The SMILES string of the molecule is CCC(CC(N)=S)NS(=O)(=O)CC1CCCCC1. The minimum atomic E-state index is -3.20. The summed E-state index contributed by atoms with van der Waals surface area (Å²) in [6.07, 6.45) is 6.77. The largest absolute Gasteiger partial charge is 0.393 e. The number of sulfonamides is 1. The van der Waals surface area contributed by atoms with Crippen LogP contribution in [-0.4, -0.2) is 25.2 Å². The molecule has 1 aliphatic rings. The van der Waals surface area contributed by atoms with Crippen LogP contribution in [0.3, 0.4) is 0 Å². The molecule has 0 aromatic heterocycles. The van der Waals surface area contributed by atoms with Crippen LogP contribution in [0.2, 0.25) is 0 Å². The summed E-state index contributed by atoms with van der Waals surface area (Å²) in [6.45, 7) is 1.94. The fourth-order valence-electron chi connectivity index (χ4n) is 2.48. The zero-order valence-corrected chi connectivity index (χ0v) is 12.7. The number of nitrogens with one attached hydrogen (secondary N) is 1. The maximum atomic E-state index is 12.1. The van der Waals surface area contributed by atoms with Crippen molar-refractivity contribution in [1.29, 1.82) is 0 Å². The predicted octanol–water partition coefficient (Wildman–Crippen LogP) is 1.94. The van der Waals surface area contributed by atoms with E-state index in [9.17, 15) is 8.42 Å². The van der Waals surface area contributed by atoms with Gasteiger partial charge >= 0.3 is 0 Å². The first-order valence-electron chi connectivity index (χ1n) is 6.71. The van der Waals surface area contributed by atoms with Crippen molar-refractivity contribution in [1.82, 2.24) is 4.72 Å². The Balaban J connectivity index is 2.48. The molecule has 1 fully saturated rings. The summed E-state index contributed by atoms with van der Waals surface area (Å²) in [4.78, 5) is 0.363. The lowest BCUT2D eigenvalue weighted by molar-refractivity contribution is 0.383. The molecule has 1 atom stereocenters. The number of rotatable bonds is 7. The molecule has 1 unspecified atom stereocenters. The third-order valence-corrected chi connectivity index (χ3v) is 5.24. The van der Waals surface area contributed by atoms with Crippen molar-refractivity contribution in [3.05, 3.63) is 0 Å². The molecule has 0 amide bonds. The fourth-order valence-corrected chi connectivity index (χ4v) is 4.49. The quantitative estimate of drug-likeness (QED) is 0.703. The summed E-state index contributed by atoms with van der Waals surface area (Å²) >= 11 is 4.83. The Hall–Kier alpha value is -0.200. The van der Waals surface area contributed by atoms with Crippen LogP contribution in [0, 0.1) is 5.92 Å². The Labute approximate surface area is 116 Å². The number of thiocarbonyl (C=S) groups is 1. The lowest BCUT2D eigenvalue weighted by Gasteiger charge is -2.23. The fraction of sp³-hybridized carbons (Fsp3) is 0.917. The predicted molar refractivity (Wildman–Crippen MR) is 79.0 cm³/mol. The molecule has 0 aromatic carbocycles. The van der Waals surface area contributed by atoms with Gasteiger partial charge in [-0.2, -0.15) is 0 Å². The lowest BCUT2D eigenvalue weighted by atomic mass is 9.91. The summed E-state index contributed by atoms with van der Waals surface area (Å²) in [7, 11) is -3.20. The Morgan fingerprint density at radius 3 is 2.50 bits per heavy atom. The van der Waals surface area contributed by atoms with Gasteiger partial charge in [-0.05, 0) is 25.2 Å². The highest BCUT2D eigenvalue weighted by atomic mass is 32.2. The summed E-state index contributed by atoms with van der Waals surface area (Å²) in [5.41, 5.74) is 5.47. The third kappa shape index (κ3) is 6.11. The molecule has 0 spiro atoms. The van der Waals surface area contributed by atoms with Crippen molar-refractivity contribution in [2.24, 2.45) is 11.7 Å². The highest BCUT2D eigenvalue weighted by Crippen LogP contribution is 2.24.